The standard InChI is InChI=1S/C17H25N3/c1-4-15(5-2)12-19-14(3)16-6-8-17(9-7-16)20-11-10-18-13-20/h6-11,13-15,19H,4-5,12H2,1-3H3. The molecule has 1 N–H and O–H groups in total. The summed E-state index contributed by atoms with van der Waals surface area (Å²) in [5.74, 6) is 0.780. The fourth-order valence-corrected chi connectivity index (χ4v) is 2.39. The predicted molar refractivity (Wildman–Crippen MR) is 84.1 cm³/mol. The number of imidazole rings is 1. The maximum absolute atomic E-state index is 4.07. The van der Waals surface area contributed by atoms with Gasteiger partial charge in [0, 0.05) is 24.1 Å². The van der Waals surface area contributed by atoms with Gasteiger partial charge in [-0.25, -0.2) is 4.98 Å². The summed E-state index contributed by atoms with van der Waals surface area (Å²) >= 11 is 0. The van der Waals surface area contributed by atoms with E-state index in [1.165, 1.54) is 18.4 Å². The zero-order valence-electron chi connectivity index (χ0n) is 12.7. The largest absolute Gasteiger partial charge is 0.310 e. The van der Waals surface area contributed by atoms with Crippen LogP contribution < -0.4 is 5.32 Å². The van der Waals surface area contributed by atoms with Crippen LogP contribution in [0.4, 0.5) is 0 Å². The van der Waals surface area contributed by atoms with Crippen molar-refractivity contribution in [3.8, 4) is 5.69 Å². The van der Waals surface area contributed by atoms with Crippen molar-refractivity contribution in [1.82, 2.24) is 14.9 Å². The average Bonchev–Trinajstić information content (AvgIpc) is 3.02. The van der Waals surface area contributed by atoms with E-state index in [9.17, 15) is 0 Å². The molecule has 1 aromatic heterocycles. The molecule has 0 radical (unpaired) electrons. The van der Waals surface area contributed by atoms with Gasteiger partial charge < -0.3 is 9.88 Å². The summed E-state index contributed by atoms with van der Waals surface area (Å²) in [6.07, 6.45) is 8.08. The number of hydrogen-bond acceptors (Lipinski definition) is 2. The van der Waals surface area contributed by atoms with Crippen LogP contribution in [0.1, 0.15) is 45.2 Å². The van der Waals surface area contributed by atoms with Gasteiger partial charge in [-0.2, -0.15) is 0 Å². The van der Waals surface area contributed by atoms with Crippen LogP contribution >= 0.6 is 0 Å². The Balaban J connectivity index is 1.95. The molecule has 3 nitrogen and oxygen atoms in total. The van der Waals surface area contributed by atoms with Gasteiger partial charge in [-0.3, -0.25) is 0 Å². The summed E-state index contributed by atoms with van der Waals surface area (Å²) in [6.45, 7) is 7.85. The van der Waals surface area contributed by atoms with Gasteiger partial charge in [0.25, 0.3) is 0 Å². The van der Waals surface area contributed by atoms with Gasteiger partial charge >= 0.3 is 0 Å². The van der Waals surface area contributed by atoms with Gasteiger partial charge in [0.1, 0.15) is 0 Å². The van der Waals surface area contributed by atoms with Crippen molar-refractivity contribution in [2.75, 3.05) is 6.54 Å². The Bertz CT molecular complexity index is 483. The molecule has 2 rings (SSSR count). The van der Waals surface area contributed by atoms with Crippen LogP contribution in [0.2, 0.25) is 0 Å². The van der Waals surface area contributed by atoms with Crippen molar-refractivity contribution in [1.29, 1.82) is 0 Å². The number of aromatic nitrogens is 2. The Morgan fingerprint density at radius 3 is 2.40 bits per heavy atom. The minimum atomic E-state index is 0.396. The Labute approximate surface area is 122 Å². The second-order valence-corrected chi connectivity index (χ2v) is 5.37. The first kappa shape index (κ1) is 14.8. The lowest BCUT2D eigenvalue weighted by atomic mass is 10.0. The topological polar surface area (TPSA) is 29.9 Å². The molecular formula is C17H25N3. The van der Waals surface area contributed by atoms with E-state index >= 15 is 0 Å². The lowest BCUT2D eigenvalue weighted by Gasteiger charge is -2.19. The Morgan fingerprint density at radius 2 is 1.85 bits per heavy atom. The predicted octanol–water partition coefficient (Wildman–Crippen LogP) is 3.96. The molecule has 1 aromatic carbocycles. The lowest BCUT2D eigenvalue weighted by molar-refractivity contribution is 0.422. The van der Waals surface area contributed by atoms with Gasteiger partial charge in [-0.1, -0.05) is 38.8 Å². The molecule has 1 heterocycles. The van der Waals surface area contributed by atoms with Crippen LogP contribution in [0, 0.1) is 5.92 Å². The van der Waals surface area contributed by atoms with Crippen LogP contribution in [-0.4, -0.2) is 16.1 Å². The van der Waals surface area contributed by atoms with Crippen LogP contribution in [0.3, 0.4) is 0 Å². The highest BCUT2D eigenvalue weighted by Gasteiger charge is 2.08. The summed E-state index contributed by atoms with van der Waals surface area (Å²) in [5, 5.41) is 3.64. The maximum Gasteiger partial charge on any atom is 0.0991 e. The number of nitrogens with zero attached hydrogens (tertiary/aromatic N) is 2. The minimum absolute atomic E-state index is 0.396. The second-order valence-electron chi connectivity index (χ2n) is 5.37. The molecule has 0 bridgehead atoms. The zero-order chi connectivity index (χ0) is 14.4. The van der Waals surface area contributed by atoms with E-state index in [4.69, 9.17) is 0 Å². The summed E-state index contributed by atoms with van der Waals surface area (Å²) in [4.78, 5) is 4.07. The molecule has 0 fully saturated rings. The maximum atomic E-state index is 4.07. The average molecular weight is 271 g/mol. The van der Waals surface area contributed by atoms with E-state index in [2.05, 4.69) is 55.3 Å². The van der Waals surface area contributed by atoms with Gasteiger partial charge in [-0.15, -0.1) is 0 Å². The van der Waals surface area contributed by atoms with Crippen LogP contribution in [-0.2, 0) is 0 Å². The third-order valence-corrected chi connectivity index (χ3v) is 4.06. The normalized spacial score (nSPS) is 12.8. The smallest absolute Gasteiger partial charge is 0.0991 e. The summed E-state index contributed by atoms with van der Waals surface area (Å²) in [5.41, 5.74) is 2.48. The summed E-state index contributed by atoms with van der Waals surface area (Å²) < 4.78 is 2.02. The van der Waals surface area contributed by atoms with Crippen LogP contribution in [0.15, 0.2) is 43.0 Å². The second kappa shape index (κ2) is 7.25. The molecule has 0 aliphatic rings. The third-order valence-electron chi connectivity index (χ3n) is 4.06. The number of hydrogen-bond donors (Lipinski definition) is 1. The van der Waals surface area contributed by atoms with Crippen LogP contribution in [0.5, 0.6) is 0 Å². The SMILES string of the molecule is CCC(CC)CNC(C)c1ccc(-n2ccnc2)cc1. The molecule has 1 atom stereocenters. The quantitative estimate of drug-likeness (QED) is 0.826. The third kappa shape index (κ3) is 3.70. The van der Waals surface area contributed by atoms with Crippen LogP contribution in [0.25, 0.3) is 5.69 Å². The molecule has 0 spiro atoms. The molecule has 2 aromatic rings. The first-order valence-corrected chi connectivity index (χ1v) is 7.56. The van der Waals surface area contributed by atoms with Gasteiger partial charge in [0.15, 0.2) is 0 Å². The molecule has 0 aliphatic carbocycles. The Morgan fingerprint density at radius 1 is 1.15 bits per heavy atom. The molecule has 0 saturated carbocycles. The van der Waals surface area contributed by atoms with Gasteiger partial charge in [0.2, 0.25) is 0 Å². The summed E-state index contributed by atoms with van der Waals surface area (Å²) in [7, 11) is 0. The van der Waals surface area contributed by atoms with Crippen molar-refractivity contribution in [3.63, 3.8) is 0 Å². The van der Waals surface area contributed by atoms with E-state index in [1.54, 1.807) is 6.20 Å². The van der Waals surface area contributed by atoms with Gasteiger partial charge in [-0.05, 0) is 37.1 Å². The monoisotopic (exact) mass is 271 g/mol. The molecule has 3 heteroatoms. The van der Waals surface area contributed by atoms with E-state index < -0.39 is 0 Å². The molecular weight excluding hydrogens is 246 g/mol. The first-order chi connectivity index (χ1) is 9.74. The highest BCUT2D eigenvalue weighted by Crippen LogP contribution is 2.16. The molecule has 108 valence electrons. The molecule has 0 aliphatic heterocycles. The van der Waals surface area contributed by atoms with Crippen molar-refractivity contribution in [2.24, 2.45) is 5.92 Å². The van der Waals surface area contributed by atoms with Gasteiger partial charge in [0.05, 0.1) is 6.33 Å². The Hall–Kier alpha value is -1.61. The van der Waals surface area contributed by atoms with E-state index in [1.807, 2.05) is 17.1 Å². The summed E-state index contributed by atoms with van der Waals surface area (Å²) in [6, 6.07) is 9.07. The fourth-order valence-electron chi connectivity index (χ4n) is 2.39. The number of rotatable bonds is 7. The van der Waals surface area contributed by atoms with E-state index in [0.29, 0.717) is 6.04 Å². The first-order valence-electron chi connectivity index (χ1n) is 7.56. The lowest BCUT2D eigenvalue weighted by Crippen LogP contribution is -2.25. The highest BCUT2D eigenvalue weighted by molar-refractivity contribution is 5.35. The van der Waals surface area contributed by atoms with Crippen molar-refractivity contribution in [2.45, 2.75) is 39.7 Å². The fraction of sp³-hybridized carbons (Fsp3) is 0.471. The van der Waals surface area contributed by atoms with E-state index in [0.717, 1.165) is 18.2 Å². The van der Waals surface area contributed by atoms with Crippen molar-refractivity contribution >= 4 is 0 Å². The number of benzene rings is 1. The zero-order valence-corrected chi connectivity index (χ0v) is 12.7. The molecule has 0 amide bonds. The molecule has 0 saturated heterocycles. The highest BCUT2D eigenvalue weighted by atomic mass is 15.0. The van der Waals surface area contributed by atoms with Crippen molar-refractivity contribution < 1.29 is 0 Å². The van der Waals surface area contributed by atoms with Crippen molar-refractivity contribution in [3.05, 3.63) is 48.5 Å². The number of nitrogens with one attached hydrogen (secondary N) is 1. The minimum Gasteiger partial charge on any atom is -0.310 e. The van der Waals surface area contributed by atoms with E-state index in [-0.39, 0.29) is 0 Å². The molecule has 20 heavy (non-hydrogen) atoms. The molecule has 1 unspecified atom stereocenters. The Kier molecular flexibility index (Phi) is 5.36.